The first-order valence-corrected chi connectivity index (χ1v) is 9.61. The lowest BCUT2D eigenvalue weighted by Gasteiger charge is -2.35. The van der Waals surface area contributed by atoms with Gasteiger partial charge in [-0.3, -0.25) is 9.69 Å². The molecule has 0 amide bonds. The van der Waals surface area contributed by atoms with E-state index in [0.717, 1.165) is 49.5 Å². The van der Waals surface area contributed by atoms with E-state index in [1.54, 1.807) is 11.8 Å². The van der Waals surface area contributed by atoms with E-state index in [4.69, 9.17) is 4.74 Å². The van der Waals surface area contributed by atoms with E-state index in [0.29, 0.717) is 0 Å². The van der Waals surface area contributed by atoms with Crippen molar-refractivity contribution in [2.24, 2.45) is 0 Å². The maximum Gasteiger partial charge on any atom is 0.325 e. The first-order chi connectivity index (χ1) is 11.5. The largest absolute Gasteiger partial charge is 0.480 e. The van der Waals surface area contributed by atoms with E-state index in [1.807, 2.05) is 44.6 Å². The second kappa shape index (κ2) is 9.42. The van der Waals surface area contributed by atoms with Crippen molar-refractivity contribution in [1.82, 2.24) is 9.80 Å². The smallest absolute Gasteiger partial charge is 0.325 e. The van der Waals surface area contributed by atoms with E-state index in [-0.39, 0.29) is 6.10 Å². The Bertz CT molecular complexity index is 514. The lowest BCUT2D eigenvalue weighted by atomic mass is 10.0. The molecule has 0 aromatic heterocycles. The second-order valence-corrected chi connectivity index (χ2v) is 7.30. The number of nitrogens with zero attached hydrogens (tertiary/aromatic N) is 2. The van der Waals surface area contributed by atoms with Crippen molar-refractivity contribution in [3.8, 4) is 0 Å². The number of piperidine rings is 1. The number of likely N-dealkylation sites (N-methyl/N-ethyl adjacent to an activating group) is 1. The molecule has 0 aliphatic carbocycles. The van der Waals surface area contributed by atoms with Gasteiger partial charge < -0.3 is 14.7 Å². The van der Waals surface area contributed by atoms with Gasteiger partial charge in [-0.05, 0) is 50.9 Å². The van der Waals surface area contributed by atoms with Crippen molar-refractivity contribution in [3.63, 3.8) is 0 Å². The van der Waals surface area contributed by atoms with Gasteiger partial charge in [-0.2, -0.15) is 0 Å². The molecule has 24 heavy (non-hydrogen) atoms. The van der Waals surface area contributed by atoms with Crippen molar-refractivity contribution < 1.29 is 14.6 Å². The Kier molecular flexibility index (Phi) is 7.55. The molecule has 1 N–H and O–H groups in total. The minimum atomic E-state index is -0.779. The number of carbonyl (C=O) groups is 1. The first-order valence-electron chi connectivity index (χ1n) is 8.38. The Morgan fingerprint density at radius 3 is 2.46 bits per heavy atom. The van der Waals surface area contributed by atoms with Crippen LogP contribution in [0.3, 0.4) is 0 Å². The molecule has 1 aromatic carbocycles. The van der Waals surface area contributed by atoms with Crippen LogP contribution in [-0.4, -0.2) is 73.6 Å². The third kappa shape index (κ3) is 5.48. The second-order valence-electron chi connectivity index (χ2n) is 6.42. The Balaban J connectivity index is 1.92. The van der Waals surface area contributed by atoms with Crippen LogP contribution in [-0.2, 0) is 9.53 Å². The summed E-state index contributed by atoms with van der Waals surface area (Å²) in [6, 6.07) is 7.29. The zero-order chi connectivity index (χ0) is 17.5. The predicted molar refractivity (Wildman–Crippen MR) is 97.7 cm³/mol. The zero-order valence-electron chi connectivity index (χ0n) is 14.8. The standard InChI is InChI=1S/C18H28N2O3S/c1-19(2)12-13-23-15-8-10-20(11-9-15)17(18(21)22)14-4-6-16(24-3)7-5-14/h4-7,15,17H,8-13H2,1-3H3,(H,21,22). The average Bonchev–Trinajstić information content (AvgIpc) is 2.56. The van der Waals surface area contributed by atoms with Gasteiger partial charge in [-0.25, -0.2) is 0 Å². The molecule has 134 valence electrons. The van der Waals surface area contributed by atoms with Crippen LogP contribution < -0.4 is 0 Å². The Morgan fingerprint density at radius 2 is 1.96 bits per heavy atom. The lowest BCUT2D eigenvalue weighted by Crippen LogP contribution is -2.42. The number of ether oxygens (including phenoxy) is 1. The van der Waals surface area contributed by atoms with E-state index in [9.17, 15) is 9.90 Å². The fourth-order valence-electron chi connectivity index (χ4n) is 3.00. The van der Waals surface area contributed by atoms with Gasteiger partial charge in [-0.15, -0.1) is 11.8 Å². The van der Waals surface area contributed by atoms with Crippen LogP contribution in [0.1, 0.15) is 24.4 Å². The molecule has 0 saturated carbocycles. The third-order valence-electron chi connectivity index (χ3n) is 4.40. The van der Waals surface area contributed by atoms with Crippen LogP contribution in [0, 0.1) is 0 Å². The van der Waals surface area contributed by atoms with Gasteiger partial charge in [0.1, 0.15) is 6.04 Å². The number of likely N-dealkylation sites (tertiary alicyclic amines) is 1. The lowest BCUT2D eigenvalue weighted by molar-refractivity contribution is -0.144. The maximum absolute atomic E-state index is 11.8. The van der Waals surface area contributed by atoms with Gasteiger partial charge in [0.25, 0.3) is 0 Å². The Hall–Kier alpha value is -1.08. The number of carboxylic acids is 1. The van der Waals surface area contributed by atoms with Gasteiger partial charge in [-0.1, -0.05) is 12.1 Å². The molecule has 1 aliphatic heterocycles. The topological polar surface area (TPSA) is 53.0 Å². The van der Waals surface area contributed by atoms with Crippen LogP contribution in [0.2, 0.25) is 0 Å². The van der Waals surface area contributed by atoms with Crippen molar-refractivity contribution in [3.05, 3.63) is 29.8 Å². The predicted octanol–water partition coefficient (Wildman–Crippen LogP) is 2.58. The van der Waals surface area contributed by atoms with Crippen molar-refractivity contribution in [2.75, 3.05) is 46.6 Å². The number of benzene rings is 1. The number of hydrogen-bond donors (Lipinski definition) is 1. The molecule has 5 nitrogen and oxygen atoms in total. The van der Waals surface area contributed by atoms with E-state index >= 15 is 0 Å². The van der Waals surface area contributed by atoms with Crippen LogP contribution >= 0.6 is 11.8 Å². The molecular weight excluding hydrogens is 324 g/mol. The minimum Gasteiger partial charge on any atom is -0.480 e. The number of carboxylic acid groups (broad SMARTS) is 1. The molecule has 1 unspecified atom stereocenters. The summed E-state index contributed by atoms with van der Waals surface area (Å²) in [6.45, 7) is 3.16. The summed E-state index contributed by atoms with van der Waals surface area (Å²) in [5.74, 6) is -0.779. The van der Waals surface area contributed by atoms with Crippen LogP contribution in [0.25, 0.3) is 0 Å². The fourth-order valence-corrected chi connectivity index (χ4v) is 3.41. The molecule has 2 rings (SSSR count). The van der Waals surface area contributed by atoms with Gasteiger partial charge in [0, 0.05) is 24.5 Å². The monoisotopic (exact) mass is 352 g/mol. The Labute approximate surface area is 149 Å². The summed E-state index contributed by atoms with van der Waals surface area (Å²) in [5.41, 5.74) is 0.854. The summed E-state index contributed by atoms with van der Waals surface area (Å²) < 4.78 is 5.90. The van der Waals surface area contributed by atoms with Crippen LogP contribution in [0.5, 0.6) is 0 Å². The summed E-state index contributed by atoms with van der Waals surface area (Å²) in [7, 11) is 4.07. The highest BCUT2D eigenvalue weighted by Crippen LogP contribution is 2.27. The summed E-state index contributed by atoms with van der Waals surface area (Å²) in [4.78, 5) is 17.1. The van der Waals surface area contributed by atoms with Crippen LogP contribution in [0.15, 0.2) is 29.2 Å². The molecule has 6 heteroatoms. The van der Waals surface area contributed by atoms with E-state index in [1.165, 1.54) is 0 Å². The van der Waals surface area contributed by atoms with Gasteiger partial charge in [0.2, 0.25) is 0 Å². The Morgan fingerprint density at radius 1 is 1.33 bits per heavy atom. The summed E-state index contributed by atoms with van der Waals surface area (Å²) in [6.07, 6.45) is 4.04. The van der Waals surface area contributed by atoms with Gasteiger partial charge in [0.05, 0.1) is 12.7 Å². The highest BCUT2D eigenvalue weighted by Gasteiger charge is 2.31. The number of thioether (sulfide) groups is 1. The van der Waals surface area contributed by atoms with Gasteiger partial charge >= 0.3 is 5.97 Å². The van der Waals surface area contributed by atoms with Gasteiger partial charge in [0.15, 0.2) is 0 Å². The van der Waals surface area contributed by atoms with Crippen LogP contribution in [0.4, 0.5) is 0 Å². The molecule has 1 aromatic rings. The molecule has 0 bridgehead atoms. The maximum atomic E-state index is 11.8. The normalized spacial score (nSPS) is 18.0. The summed E-state index contributed by atoms with van der Waals surface area (Å²) >= 11 is 1.66. The number of hydrogen-bond acceptors (Lipinski definition) is 5. The molecule has 0 spiro atoms. The third-order valence-corrected chi connectivity index (χ3v) is 5.14. The number of aliphatic carboxylic acids is 1. The quantitative estimate of drug-likeness (QED) is 0.726. The molecule has 1 fully saturated rings. The number of rotatable bonds is 8. The van der Waals surface area contributed by atoms with Crippen molar-refractivity contribution >= 4 is 17.7 Å². The highest BCUT2D eigenvalue weighted by molar-refractivity contribution is 7.98. The SMILES string of the molecule is CSc1ccc(C(C(=O)O)N2CCC(OCCN(C)C)CC2)cc1. The first kappa shape index (κ1) is 19.2. The molecule has 0 radical (unpaired) electrons. The van der Waals surface area contributed by atoms with E-state index < -0.39 is 12.0 Å². The molecule has 1 saturated heterocycles. The van der Waals surface area contributed by atoms with Crippen molar-refractivity contribution in [2.45, 2.75) is 29.9 Å². The van der Waals surface area contributed by atoms with Crippen molar-refractivity contribution in [1.29, 1.82) is 0 Å². The fraction of sp³-hybridized carbons (Fsp3) is 0.611. The summed E-state index contributed by atoms with van der Waals surface area (Å²) in [5, 5.41) is 9.69. The average molecular weight is 353 g/mol. The molecule has 1 aliphatic rings. The minimum absolute atomic E-state index is 0.245. The zero-order valence-corrected chi connectivity index (χ0v) is 15.6. The molecule has 1 heterocycles. The molecule has 1 atom stereocenters. The molecular formula is C18H28N2O3S. The highest BCUT2D eigenvalue weighted by atomic mass is 32.2. The van der Waals surface area contributed by atoms with E-state index in [2.05, 4.69) is 9.80 Å².